The molecular formula is C24H31N3O3. The predicted octanol–water partition coefficient (Wildman–Crippen LogP) is 4.21. The number of methoxy groups -OCH3 is 1. The third-order valence-corrected chi connectivity index (χ3v) is 5.93. The molecule has 6 nitrogen and oxygen atoms in total. The molecule has 30 heavy (non-hydrogen) atoms. The summed E-state index contributed by atoms with van der Waals surface area (Å²) in [4.78, 5) is 27.1. The summed E-state index contributed by atoms with van der Waals surface area (Å²) in [5.74, 6) is 0.831. The van der Waals surface area contributed by atoms with Crippen molar-refractivity contribution in [2.75, 3.05) is 25.5 Å². The number of ether oxygens (including phenoxy) is 1. The lowest BCUT2D eigenvalue weighted by atomic mass is 9.79. The molecule has 3 amide bonds. The second-order valence-corrected chi connectivity index (χ2v) is 8.06. The maximum absolute atomic E-state index is 12.8. The number of nitrogens with one attached hydrogen (secondary N) is 2. The first kappa shape index (κ1) is 21.7. The molecule has 0 aromatic heterocycles. The highest BCUT2D eigenvalue weighted by molar-refractivity contribution is 5.90. The van der Waals surface area contributed by atoms with E-state index in [0.717, 1.165) is 23.4 Å². The molecule has 1 heterocycles. The molecule has 3 rings (SSSR count). The summed E-state index contributed by atoms with van der Waals surface area (Å²) in [6.07, 6.45) is 2.26. The second kappa shape index (κ2) is 9.65. The van der Waals surface area contributed by atoms with E-state index in [1.165, 1.54) is 5.56 Å². The molecule has 6 heteroatoms. The van der Waals surface area contributed by atoms with Crippen LogP contribution < -0.4 is 15.4 Å². The van der Waals surface area contributed by atoms with Gasteiger partial charge >= 0.3 is 6.03 Å². The van der Waals surface area contributed by atoms with Crippen molar-refractivity contribution >= 4 is 17.6 Å². The maximum Gasteiger partial charge on any atom is 0.321 e. The van der Waals surface area contributed by atoms with Crippen molar-refractivity contribution < 1.29 is 14.3 Å². The van der Waals surface area contributed by atoms with Gasteiger partial charge < -0.3 is 20.3 Å². The number of amides is 3. The van der Waals surface area contributed by atoms with Gasteiger partial charge in [0, 0.05) is 30.7 Å². The molecule has 0 unspecified atom stereocenters. The van der Waals surface area contributed by atoms with Crippen LogP contribution in [0.25, 0.3) is 0 Å². The quantitative estimate of drug-likeness (QED) is 0.751. The molecule has 0 saturated carbocycles. The van der Waals surface area contributed by atoms with E-state index in [1.54, 1.807) is 12.0 Å². The van der Waals surface area contributed by atoms with E-state index in [4.69, 9.17) is 4.74 Å². The number of likely N-dealkylation sites (tertiary alicyclic amines) is 1. The number of piperidine rings is 1. The van der Waals surface area contributed by atoms with Gasteiger partial charge in [-0.1, -0.05) is 38.1 Å². The first-order chi connectivity index (χ1) is 14.4. The Morgan fingerprint density at radius 3 is 2.17 bits per heavy atom. The average molecular weight is 410 g/mol. The molecule has 0 atom stereocenters. The molecule has 0 bridgehead atoms. The number of carbonyl (C=O) groups excluding carboxylic acids is 2. The van der Waals surface area contributed by atoms with Gasteiger partial charge in [0.25, 0.3) is 0 Å². The molecule has 160 valence electrons. The van der Waals surface area contributed by atoms with Crippen LogP contribution in [0.2, 0.25) is 0 Å². The van der Waals surface area contributed by atoms with Gasteiger partial charge in [0.05, 0.1) is 7.11 Å². The molecule has 2 N–H and O–H groups in total. The molecule has 1 aliphatic rings. The lowest BCUT2D eigenvalue weighted by molar-refractivity contribution is -0.132. The lowest BCUT2D eigenvalue weighted by Gasteiger charge is -2.38. The number of hydrogen-bond acceptors (Lipinski definition) is 3. The first-order valence-electron chi connectivity index (χ1n) is 10.5. The van der Waals surface area contributed by atoms with Crippen LogP contribution in [0.1, 0.15) is 37.8 Å². The van der Waals surface area contributed by atoms with Crippen molar-refractivity contribution in [3.05, 3.63) is 59.7 Å². The highest BCUT2D eigenvalue weighted by Crippen LogP contribution is 2.31. The van der Waals surface area contributed by atoms with Crippen molar-refractivity contribution in [2.45, 2.75) is 39.7 Å². The number of carbonyl (C=O) groups is 2. The fourth-order valence-corrected chi connectivity index (χ4v) is 3.60. The van der Waals surface area contributed by atoms with Crippen LogP contribution in [-0.2, 0) is 17.8 Å². The summed E-state index contributed by atoms with van der Waals surface area (Å²) >= 11 is 0. The molecule has 1 saturated heterocycles. The van der Waals surface area contributed by atoms with Crippen molar-refractivity contribution in [1.29, 1.82) is 0 Å². The molecular weight excluding hydrogens is 378 g/mol. The zero-order valence-electron chi connectivity index (χ0n) is 18.0. The van der Waals surface area contributed by atoms with Gasteiger partial charge in [-0.3, -0.25) is 4.79 Å². The second-order valence-electron chi connectivity index (χ2n) is 8.06. The molecule has 1 fully saturated rings. The van der Waals surface area contributed by atoms with Crippen molar-refractivity contribution in [3.8, 4) is 5.75 Å². The third kappa shape index (κ3) is 5.32. The van der Waals surface area contributed by atoms with Crippen LogP contribution in [0.3, 0.4) is 0 Å². The van der Waals surface area contributed by atoms with Crippen LogP contribution in [0.15, 0.2) is 48.5 Å². The summed E-state index contributed by atoms with van der Waals surface area (Å²) in [5.41, 5.74) is 2.59. The Balaban J connectivity index is 1.48. The van der Waals surface area contributed by atoms with Crippen LogP contribution in [0.4, 0.5) is 10.5 Å². The van der Waals surface area contributed by atoms with Gasteiger partial charge in [0.15, 0.2) is 0 Å². The summed E-state index contributed by atoms with van der Waals surface area (Å²) in [7, 11) is 1.63. The van der Waals surface area contributed by atoms with Crippen molar-refractivity contribution in [2.24, 2.45) is 5.41 Å². The van der Waals surface area contributed by atoms with E-state index in [-0.39, 0.29) is 11.9 Å². The Morgan fingerprint density at radius 2 is 1.60 bits per heavy atom. The van der Waals surface area contributed by atoms with Crippen LogP contribution in [0.5, 0.6) is 5.75 Å². The summed E-state index contributed by atoms with van der Waals surface area (Å²) in [6, 6.07) is 15.5. The zero-order chi connectivity index (χ0) is 21.6. The number of urea groups is 1. The number of rotatable bonds is 6. The van der Waals surface area contributed by atoms with Gasteiger partial charge in [-0.2, -0.15) is 0 Å². The lowest BCUT2D eigenvalue weighted by Crippen LogP contribution is -2.49. The first-order valence-corrected chi connectivity index (χ1v) is 10.5. The molecule has 0 spiro atoms. The summed E-state index contributed by atoms with van der Waals surface area (Å²) < 4.78 is 5.16. The Bertz CT molecular complexity index is 854. The van der Waals surface area contributed by atoms with E-state index in [2.05, 4.69) is 17.6 Å². The zero-order valence-corrected chi connectivity index (χ0v) is 18.0. The number of aryl methyl sites for hydroxylation is 1. The SMILES string of the molecule is CCc1ccc(NC(=O)N2CCC(C)(C(=O)NCc3ccc(OC)cc3)CC2)cc1. The van der Waals surface area contributed by atoms with Gasteiger partial charge in [0.2, 0.25) is 5.91 Å². The fraction of sp³-hybridized carbons (Fsp3) is 0.417. The minimum Gasteiger partial charge on any atom is -0.497 e. The molecule has 2 aromatic rings. The van der Waals surface area contributed by atoms with Crippen LogP contribution in [0, 0.1) is 5.41 Å². The normalized spacial score (nSPS) is 15.4. The Kier molecular flexibility index (Phi) is 6.98. The van der Waals surface area contributed by atoms with Gasteiger partial charge in [-0.05, 0) is 54.7 Å². The van der Waals surface area contributed by atoms with Crippen LogP contribution >= 0.6 is 0 Å². The number of benzene rings is 2. The van der Waals surface area contributed by atoms with Crippen molar-refractivity contribution in [1.82, 2.24) is 10.2 Å². The highest BCUT2D eigenvalue weighted by atomic mass is 16.5. The van der Waals surface area contributed by atoms with E-state index in [1.807, 2.05) is 55.5 Å². The highest BCUT2D eigenvalue weighted by Gasteiger charge is 2.37. The van der Waals surface area contributed by atoms with Crippen LogP contribution in [-0.4, -0.2) is 37.0 Å². The minimum atomic E-state index is -0.466. The van der Waals surface area contributed by atoms with E-state index in [9.17, 15) is 9.59 Å². The molecule has 0 aliphatic carbocycles. The Hall–Kier alpha value is -3.02. The number of hydrogen-bond donors (Lipinski definition) is 2. The molecule has 2 aromatic carbocycles. The van der Waals surface area contributed by atoms with Gasteiger partial charge in [0.1, 0.15) is 5.75 Å². The number of anilines is 1. The Labute approximate surface area is 178 Å². The predicted molar refractivity (Wildman–Crippen MR) is 119 cm³/mol. The monoisotopic (exact) mass is 409 g/mol. The Morgan fingerprint density at radius 1 is 1.00 bits per heavy atom. The largest absolute Gasteiger partial charge is 0.497 e. The van der Waals surface area contributed by atoms with E-state index in [0.29, 0.717) is 32.5 Å². The average Bonchev–Trinajstić information content (AvgIpc) is 2.78. The van der Waals surface area contributed by atoms with Gasteiger partial charge in [-0.15, -0.1) is 0 Å². The standard InChI is InChI=1S/C24H31N3O3/c1-4-18-5-9-20(10-6-18)26-23(29)27-15-13-24(2,14-16-27)22(28)25-17-19-7-11-21(30-3)12-8-19/h5-12H,4,13-17H2,1-3H3,(H,25,28)(H,26,29). The summed E-state index contributed by atoms with van der Waals surface area (Å²) in [5, 5.41) is 5.99. The maximum atomic E-state index is 12.8. The van der Waals surface area contributed by atoms with E-state index < -0.39 is 5.41 Å². The molecule has 0 radical (unpaired) electrons. The topological polar surface area (TPSA) is 70.7 Å². The van der Waals surface area contributed by atoms with E-state index >= 15 is 0 Å². The van der Waals surface area contributed by atoms with Crippen molar-refractivity contribution in [3.63, 3.8) is 0 Å². The van der Waals surface area contributed by atoms with Gasteiger partial charge in [-0.25, -0.2) is 4.79 Å². The fourth-order valence-electron chi connectivity index (χ4n) is 3.60. The third-order valence-electron chi connectivity index (χ3n) is 5.93. The number of nitrogens with zero attached hydrogens (tertiary/aromatic N) is 1. The smallest absolute Gasteiger partial charge is 0.321 e. The minimum absolute atomic E-state index is 0.0357. The molecule has 1 aliphatic heterocycles. The summed E-state index contributed by atoms with van der Waals surface area (Å²) in [6.45, 7) is 5.69.